The van der Waals surface area contributed by atoms with Gasteiger partial charge in [-0.2, -0.15) is 10.4 Å². The Kier molecular flexibility index (Phi) is 4.21. The minimum Gasteiger partial charge on any atom is -0.450 e. The van der Waals surface area contributed by atoms with Gasteiger partial charge in [0.2, 0.25) is 5.76 Å². The summed E-state index contributed by atoms with van der Waals surface area (Å²) in [6.45, 7) is 2.36. The zero-order valence-electron chi connectivity index (χ0n) is 14.0. The normalized spacial score (nSPS) is 16.9. The van der Waals surface area contributed by atoms with Crippen LogP contribution in [0.1, 0.15) is 46.5 Å². The molecular formula is C17H19N5O2. The van der Waals surface area contributed by atoms with Crippen molar-refractivity contribution in [1.29, 1.82) is 5.26 Å². The van der Waals surface area contributed by atoms with E-state index in [-0.39, 0.29) is 17.7 Å². The van der Waals surface area contributed by atoms with Crippen LogP contribution in [0.2, 0.25) is 0 Å². The quantitative estimate of drug-likeness (QED) is 0.860. The number of rotatable bonds is 3. The summed E-state index contributed by atoms with van der Waals surface area (Å²) in [5.41, 5.74) is 1.23. The van der Waals surface area contributed by atoms with Gasteiger partial charge in [0.25, 0.3) is 5.91 Å². The zero-order chi connectivity index (χ0) is 17.3. The lowest BCUT2D eigenvalue weighted by atomic mass is 10.1. The summed E-state index contributed by atoms with van der Waals surface area (Å²) >= 11 is 0. The molecule has 1 atom stereocenters. The van der Waals surface area contributed by atoms with Crippen molar-refractivity contribution in [3.8, 4) is 6.07 Å². The van der Waals surface area contributed by atoms with E-state index in [0.717, 1.165) is 24.4 Å². The molecule has 0 bridgehead atoms. The lowest BCUT2D eigenvalue weighted by molar-refractivity contribution is 0.0730. The Morgan fingerprint density at radius 1 is 1.42 bits per heavy atom. The number of carbonyl (C=O) groups is 1. The Morgan fingerprint density at radius 3 is 2.79 bits per heavy atom. The van der Waals surface area contributed by atoms with Crippen molar-refractivity contribution >= 4 is 11.7 Å². The van der Waals surface area contributed by atoms with Gasteiger partial charge in [-0.1, -0.05) is 0 Å². The fourth-order valence-electron chi connectivity index (χ4n) is 2.97. The molecule has 1 amide bonds. The van der Waals surface area contributed by atoms with Crippen LogP contribution in [0.3, 0.4) is 0 Å². The minimum atomic E-state index is -0.126. The van der Waals surface area contributed by atoms with Crippen LogP contribution in [-0.4, -0.2) is 41.6 Å². The molecule has 0 N–H and O–H groups in total. The van der Waals surface area contributed by atoms with Gasteiger partial charge in [0.1, 0.15) is 11.8 Å². The number of nitrogens with zero attached hydrogens (tertiary/aromatic N) is 5. The third-order valence-electron chi connectivity index (χ3n) is 4.24. The molecule has 1 fully saturated rings. The van der Waals surface area contributed by atoms with Crippen molar-refractivity contribution in [1.82, 2.24) is 15.1 Å². The van der Waals surface area contributed by atoms with Gasteiger partial charge in [-0.05, 0) is 31.9 Å². The highest BCUT2D eigenvalue weighted by Crippen LogP contribution is 2.33. The first-order valence-electron chi connectivity index (χ1n) is 7.83. The number of likely N-dealkylation sites (tertiary alicyclic amines) is 1. The van der Waals surface area contributed by atoms with Crippen LogP contribution >= 0.6 is 0 Å². The first-order valence-corrected chi connectivity index (χ1v) is 7.83. The Balaban J connectivity index is 1.86. The van der Waals surface area contributed by atoms with Crippen molar-refractivity contribution < 1.29 is 9.21 Å². The molecule has 0 saturated carbocycles. The number of anilines is 1. The second kappa shape index (κ2) is 6.32. The van der Waals surface area contributed by atoms with E-state index in [1.54, 1.807) is 11.8 Å². The topological polar surface area (TPSA) is 86.3 Å². The van der Waals surface area contributed by atoms with Crippen molar-refractivity contribution in [3.05, 3.63) is 41.0 Å². The van der Waals surface area contributed by atoms with E-state index in [2.05, 4.69) is 10.2 Å². The standard InChI is InChI=1S/C17H19N5O2/c1-11-13(9-12(10-18)24-11)17(23)22-8-4-5-15(22)14-6-7-16(20-19-14)21(2)3/h6-7,9,15H,4-5,8H2,1-3H3. The average Bonchev–Trinajstić information content (AvgIpc) is 3.20. The van der Waals surface area contributed by atoms with Crippen molar-refractivity contribution in [2.75, 3.05) is 25.5 Å². The van der Waals surface area contributed by atoms with Crippen LogP contribution in [0.4, 0.5) is 5.82 Å². The summed E-state index contributed by atoms with van der Waals surface area (Å²) < 4.78 is 5.29. The van der Waals surface area contributed by atoms with Crippen molar-refractivity contribution in [2.24, 2.45) is 0 Å². The van der Waals surface area contributed by atoms with E-state index < -0.39 is 0 Å². The summed E-state index contributed by atoms with van der Waals surface area (Å²) in [4.78, 5) is 16.5. The molecule has 0 aliphatic carbocycles. The highest BCUT2D eigenvalue weighted by Gasteiger charge is 2.33. The second-order valence-electron chi connectivity index (χ2n) is 6.06. The molecule has 24 heavy (non-hydrogen) atoms. The number of furan rings is 1. The van der Waals surface area contributed by atoms with E-state index >= 15 is 0 Å². The van der Waals surface area contributed by atoms with Gasteiger partial charge in [0.05, 0.1) is 17.3 Å². The molecule has 0 aromatic carbocycles. The lowest BCUT2D eigenvalue weighted by Crippen LogP contribution is -2.31. The molecule has 7 heteroatoms. The van der Waals surface area contributed by atoms with Crippen LogP contribution in [-0.2, 0) is 0 Å². The molecule has 1 saturated heterocycles. The van der Waals surface area contributed by atoms with Crippen LogP contribution in [0.5, 0.6) is 0 Å². The van der Waals surface area contributed by atoms with E-state index in [1.165, 1.54) is 6.07 Å². The van der Waals surface area contributed by atoms with Gasteiger partial charge in [-0.15, -0.1) is 5.10 Å². The molecule has 1 aliphatic heterocycles. The fourth-order valence-corrected chi connectivity index (χ4v) is 2.97. The summed E-state index contributed by atoms with van der Waals surface area (Å²) in [5.74, 6) is 1.27. The maximum atomic E-state index is 12.9. The summed E-state index contributed by atoms with van der Waals surface area (Å²) in [6.07, 6.45) is 1.76. The molecule has 3 heterocycles. The Hall–Kier alpha value is -2.88. The van der Waals surface area contributed by atoms with E-state index in [9.17, 15) is 4.79 Å². The van der Waals surface area contributed by atoms with Gasteiger partial charge in [0.15, 0.2) is 5.82 Å². The fraction of sp³-hybridized carbons (Fsp3) is 0.412. The monoisotopic (exact) mass is 325 g/mol. The number of hydrogen-bond acceptors (Lipinski definition) is 6. The van der Waals surface area contributed by atoms with Crippen molar-refractivity contribution in [2.45, 2.75) is 25.8 Å². The second-order valence-corrected chi connectivity index (χ2v) is 6.06. The van der Waals surface area contributed by atoms with Gasteiger partial charge in [-0.3, -0.25) is 4.79 Å². The summed E-state index contributed by atoms with van der Waals surface area (Å²) in [6, 6.07) is 7.16. The van der Waals surface area contributed by atoms with Gasteiger partial charge >= 0.3 is 0 Å². The number of amides is 1. The molecule has 124 valence electrons. The zero-order valence-corrected chi connectivity index (χ0v) is 14.0. The summed E-state index contributed by atoms with van der Waals surface area (Å²) in [7, 11) is 3.81. The van der Waals surface area contributed by atoms with E-state index in [0.29, 0.717) is 17.9 Å². The first-order chi connectivity index (χ1) is 11.5. The number of nitriles is 1. The number of hydrogen-bond donors (Lipinski definition) is 0. The maximum Gasteiger partial charge on any atom is 0.258 e. The van der Waals surface area contributed by atoms with Gasteiger partial charge < -0.3 is 14.2 Å². The third-order valence-corrected chi connectivity index (χ3v) is 4.24. The predicted octanol–water partition coefficient (Wildman–Crippen LogP) is 2.29. The number of carbonyl (C=O) groups excluding carboxylic acids is 1. The maximum absolute atomic E-state index is 12.9. The van der Waals surface area contributed by atoms with Crippen LogP contribution in [0.25, 0.3) is 0 Å². The highest BCUT2D eigenvalue weighted by atomic mass is 16.3. The van der Waals surface area contributed by atoms with E-state index in [4.69, 9.17) is 9.68 Å². The van der Waals surface area contributed by atoms with Crippen LogP contribution in [0.15, 0.2) is 22.6 Å². The lowest BCUT2D eigenvalue weighted by Gasteiger charge is -2.24. The molecule has 1 unspecified atom stereocenters. The average molecular weight is 325 g/mol. The van der Waals surface area contributed by atoms with E-state index in [1.807, 2.05) is 37.2 Å². The molecule has 1 aliphatic rings. The molecule has 7 nitrogen and oxygen atoms in total. The molecule has 0 spiro atoms. The van der Waals surface area contributed by atoms with Gasteiger partial charge in [0, 0.05) is 26.7 Å². The molecule has 2 aromatic rings. The molecule has 2 aromatic heterocycles. The predicted molar refractivity (Wildman–Crippen MR) is 87.5 cm³/mol. The SMILES string of the molecule is Cc1oc(C#N)cc1C(=O)N1CCCC1c1ccc(N(C)C)nn1. The molecule has 0 radical (unpaired) electrons. The number of aryl methyl sites for hydroxylation is 1. The van der Waals surface area contributed by atoms with Crippen LogP contribution in [0, 0.1) is 18.3 Å². The first kappa shape index (κ1) is 16.0. The Labute approximate surface area is 140 Å². The minimum absolute atomic E-state index is 0.0963. The third kappa shape index (κ3) is 2.83. The largest absolute Gasteiger partial charge is 0.450 e. The number of aromatic nitrogens is 2. The van der Waals surface area contributed by atoms with Crippen LogP contribution < -0.4 is 4.90 Å². The Bertz CT molecular complexity index is 788. The molecule has 3 rings (SSSR count). The molecular weight excluding hydrogens is 306 g/mol. The highest BCUT2D eigenvalue weighted by molar-refractivity contribution is 5.95. The smallest absolute Gasteiger partial charge is 0.258 e. The van der Waals surface area contributed by atoms with Gasteiger partial charge in [-0.25, -0.2) is 0 Å². The van der Waals surface area contributed by atoms with Crippen molar-refractivity contribution in [3.63, 3.8) is 0 Å². The summed E-state index contributed by atoms with van der Waals surface area (Å²) in [5, 5.41) is 17.4. The Morgan fingerprint density at radius 2 is 2.21 bits per heavy atom.